The van der Waals surface area contributed by atoms with Gasteiger partial charge in [0.15, 0.2) is 0 Å². The molecule has 1 fully saturated rings. The second-order valence-corrected chi connectivity index (χ2v) is 5.47. The summed E-state index contributed by atoms with van der Waals surface area (Å²) in [6.07, 6.45) is 3.26. The normalized spacial score (nSPS) is 22.3. The minimum absolute atomic E-state index is 0.111. The predicted molar refractivity (Wildman–Crippen MR) is 70.7 cm³/mol. The molecule has 2 atom stereocenters. The molecule has 0 aromatic carbocycles. The number of nitrogens with one attached hydrogen (secondary N) is 1. The van der Waals surface area contributed by atoms with Crippen LogP contribution in [0.15, 0.2) is 0 Å². The van der Waals surface area contributed by atoms with Crippen LogP contribution in [0.5, 0.6) is 0 Å². The second-order valence-electron chi connectivity index (χ2n) is 5.47. The lowest BCUT2D eigenvalue weighted by Gasteiger charge is -2.32. The van der Waals surface area contributed by atoms with E-state index in [1.807, 2.05) is 6.92 Å². The highest BCUT2D eigenvalue weighted by Gasteiger charge is 2.26. The summed E-state index contributed by atoms with van der Waals surface area (Å²) in [5.74, 6) is 0.371. The van der Waals surface area contributed by atoms with Crippen LogP contribution < -0.4 is 11.1 Å². The second kappa shape index (κ2) is 6.97. The van der Waals surface area contributed by atoms with E-state index in [0.717, 1.165) is 26.1 Å². The van der Waals surface area contributed by atoms with Crippen molar-refractivity contribution in [2.75, 3.05) is 19.6 Å². The largest absolute Gasteiger partial charge is 0.368 e. The van der Waals surface area contributed by atoms with Crippen LogP contribution in [0.2, 0.25) is 0 Å². The van der Waals surface area contributed by atoms with Gasteiger partial charge in [0.05, 0.1) is 6.04 Å². The van der Waals surface area contributed by atoms with Gasteiger partial charge < -0.3 is 11.1 Å². The highest BCUT2D eigenvalue weighted by Crippen LogP contribution is 2.13. The first-order valence-corrected chi connectivity index (χ1v) is 6.81. The van der Waals surface area contributed by atoms with E-state index in [0.29, 0.717) is 12.0 Å². The van der Waals surface area contributed by atoms with Gasteiger partial charge in [-0.2, -0.15) is 0 Å². The van der Waals surface area contributed by atoms with Crippen molar-refractivity contribution in [3.63, 3.8) is 0 Å². The molecule has 4 nitrogen and oxygen atoms in total. The van der Waals surface area contributed by atoms with E-state index in [9.17, 15) is 4.79 Å². The van der Waals surface area contributed by atoms with Crippen LogP contribution in [0.25, 0.3) is 0 Å². The average Bonchev–Trinajstić information content (AvgIpc) is 2.69. The van der Waals surface area contributed by atoms with Gasteiger partial charge in [0.2, 0.25) is 5.91 Å². The van der Waals surface area contributed by atoms with Gasteiger partial charge in [0.25, 0.3) is 0 Å². The molecule has 3 N–H and O–H groups in total. The molecule has 0 spiro atoms. The van der Waals surface area contributed by atoms with Gasteiger partial charge in [-0.25, -0.2) is 0 Å². The fourth-order valence-corrected chi connectivity index (χ4v) is 2.63. The SMILES string of the molecule is CCC(C(N)=O)N(CC(C)C)CC1CCCN1. The Hall–Kier alpha value is -0.610. The van der Waals surface area contributed by atoms with Crippen LogP contribution in [-0.2, 0) is 4.79 Å². The molecule has 1 saturated heterocycles. The maximum Gasteiger partial charge on any atom is 0.234 e. The van der Waals surface area contributed by atoms with Crippen molar-refractivity contribution in [2.45, 2.75) is 52.1 Å². The van der Waals surface area contributed by atoms with E-state index in [4.69, 9.17) is 5.73 Å². The molecule has 1 heterocycles. The van der Waals surface area contributed by atoms with E-state index in [-0.39, 0.29) is 11.9 Å². The molecule has 0 bridgehead atoms. The molecule has 0 radical (unpaired) electrons. The predicted octanol–water partition coefficient (Wildman–Crippen LogP) is 0.960. The summed E-state index contributed by atoms with van der Waals surface area (Å²) in [5.41, 5.74) is 5.50. The van der Waals surface area contributed by atoms with E-state index in [1.54, 1.807) is 0 Å². The Bertz CT molecular complexity index is 237. The fourth-order valence-electron chi connectivity index (χ4n) is 2.63. The van der Waals surface area contributed by atoms with E-state index < -0.39 is 0 Å². The summed E-state index contributed by atoms with van der Waals surface area (Å²) in [4.78, 5) is 13.7. The van der Waals surface area contributed by atoms with Crippen molar-refractivity contribution in [3.05, 3.63) is 0 Å². The molecular formula is C13H27N3O. The minimum atomic E-state index is -0.189. The van der Waals surface area contributed by atoms with Crippen molar-refractivity contribution in [3.8, 4) is 0 Å². The molecule has 100 valence electrons. The molecule has 1 aliphatic rings. The Morgan fingerprint density at radius 3 is 2.65 bits per heavy atom. The van der Waals surface area contributed by atoms with Gasteiger partial charge in [-0.15, -0.1) is 0 Å². The van der Waals surface area contributed by atoms with Crippen molar-refractivity contribution in [2.24, 2.45) is 11.7 Å². The van der Waals surface area contributed by atoms with Gasteiger partial charge in [-0.05, 0) is 31.7 Å². The van der Waals surface area contributed by atoms with Crippen LogP contribution in [0.1, 0.15) is 40.0 Å². The maximum atomic E-state index is 11.5. The molecule has 0 saturated carbocycles. The Balaban J connectivity index is 2.60. The number of hydrogen-bond acceptors (Lipinski definition) is 3. The highest BCUT2D eigenvalue weighted by atomic mass is 16.1. The lowest BCUT2D eigenvalue weighted by atomic mass is 10.1. The Kier molecular flexibility index (Phi) is 5.92. The van der Waals surface area contributed by atoms with E-state index in [2.05, 4.69) is 24.1 Å². The van der Waals surface area contributed by atoms with Gasteiger partial charge >= 0.3 is 0 Å². The topological polar surface area (TPSA) is 58.4 Å². The summed E-state index contributed by atoms with van der Waals surface area (Å²) in [7, 11) is 0. The summed E-state index contributed by atoms with van der Waals surface area (Å²) in [6.45, 7) is 9.39. The number of nitrogens with zero attached hydrogens (tertiary/aromatic N) is 1. The van der Waals surface area contributed by atoms with Crippen molar-refractivity contribution in [1.82, 2.24) is 10.2 Å². The quantitative estimate of drug-likeness (QED) is 0.698. The fraction of sp³-hybridized carbons (Fsp3) is 0.923. The Morgan fingerprint density at radius 2 is 2.24 bits per heavy atom. The lowest BCUT2D eigenvalue weighted by molar-refractivity contribution is -0.123. The molecule has 1 amide bonds. The third-order valence-electron chi connectivity index (χ3n) is 3.37. The van der Waals surface area contributed by atoms with Gasteiger partial charge in [-0.1, -0.05) is 20.8 Å². The number of rotatable bonds is 7. The first-order valence-electron chi connectivity index (χ1n) is 6.81. The summed E-state index contributed by atoms with van der Waals surface area (Å²) >= 11 is 0. The zero-order valence-corrected chi connectivity index (χ0v) is 11.4. The van der Waals surface area contributed by atoms with Crippen molar-refractivity contribution >= 4 is 5.91 Å². The average molecular weight is 241 g/mol. The third-order valence-corrected chi connectivity index (χ3v) is 3.37. The monoisotopic (exact) mass is 241 g/mol. The number of hydrogen-bond donors (Lipinski definition) is 2. The van der Waals surface area contributed by atoms with Gasteiger partial charge in [-0.3, -0.25) is 9.69 Å². The number of carbonyl (C=O) groups excluding carboxylic acids is 1. The third kappa shape index (κ3) is 4.64. The molecule has 0 aliphatic carbocycles. The molecule has 4 heteroatoms. The zero-order valence-electron chi connectivity index (χ0n) is 11.4. The van der Waals surface area contributed by atoms with Crippen LogP contribution >= 0.6 is 0 Å². The molecule has 1 rings (SSSR count). The summed E-state index contributed by atoms with van der Waals surface area (Å²) < 4.78 is 0. The Morgan fingerprint density at radius 1 is 1.53 bits per heavy atom. The molecule has 0 aromatic heterocycles. The van der Waals surface area contributed by atoms with Crippen LogP contribution in [-0.4, -0.2) is 42.5 Å². The van der Waals surface area contributed by atoms with E-state index in [1.165, 1.54) is 12.8 Å². The lowest BCUT2D eigenvalue weighted by Crippen LogP contribution is -2.50. The first kappa shape index (κ1) is 14.5. The summed E-state index contributed by atoms with van der Waals surface area (Å²) in [6, 6.07) is 0.418. The molecule has 1 aliphatic heterocycles. The number of primary amides is 1. The van der Waals surface area contributed by atoms with Crippen LogP contribution in [0, 0.1) is 5.92 Å². The van der Waals surface area contributed by atoms with Crippen LogP contribution in [0.4, 0.5) is 0 Å². The highest BCUT2D eigenvalue weighted by molar-refractivity contribution is 5.79. The van der Waals surface area contributed by atoms with E-state index >= 15 is 0 Å². The standard InChI is InChI=1S/C13H27N3O/c1-4-12(13(14)17)16(8-10(2)3)9-11-6-5-7-15-11/h10-12,15H,4-9H2,1-3H3,(H2,14,17). The number of amides is 1. The smallest absolute Gasteiger partial charge is 0.234 e. The molecule has 0 aromatic rings. The molecule has 2 unspecified atom stereocenters. The van der Waals surface area contributed by atoms with Crippen molar-refractivity contribution in [1.29, 1.82) is 0 Å². The molecular weight excluding hydrogens is 214 g/mol. The zero-order chi connectivity index (χ0) is 12.8. The van der Waals surface area contributed by atoms with Crippen LogP contribution in [0.3, 0.4) is 0 Å². The van der Waals surface area contributed by atoms with Gasteiger partial charge in [0, 0.05) is 19.1 Å². The summed E-state index contributed by atoms with van der Waals surface area (Å²) in [5, 5.41) is 3.48. The van der Waals surface area contributed by atoms with Gasteiger partial charge in [0.1, 0.15) is 0 Å². The number of carbonyl (C=O) groups is 1. The van der Waals surface area contributed by atoms with Crippen molar-refractivity contribution < 1.29 is 4.79 Å². The Labute approximate surface area is 105 Å². The number of nitrogens with two attached hydrogens (primary N) is 1. The molecule has 17 heavy (non-hydrogen) atoms. The maximum absolute atomic E-state index is 11.5. The first-order chi connectivity index (χ1) is 8.04. The minimum Gasteiger partial charge on any atom is -0.368 e.